The van der Waals surface area contributed by atoms with E-state index in [4.69, 9.17) is 5.73 Å². The zero-order chi connectivity index (χ0) is 12.3. The van der Waals surface area contributed by atoms with Crippen LogP contribution >= 0.6 is 0 Å². The number of amides is 1. The summed E-state index contributed by atoms with van der Waals surface area (Å²) in [6, 6.07) is 5.83. The topological polar surface area (TPSA) is 67.1 Å². The Morgan fingerprint density at radius 2 is 2.24 bits per heavy atom. The van der Waals surface area contributed by atoms with Crippen LogP contribution in [0.5, 0.6) is 0 Å². The molecule has 1 aromatic carbocycles. The maximum absolute atomic E-state index is 11.8. The van der Waals surface area contributed by atoms with Crippen LogP contribution in [0.1, 0.15) is 30.0 Å². The van der Waals surface area contributed by atoms with Crippen molar-refractivity contribution in [2.24, 2.45) is 5.73 Å². The molecule has 0 saturated heterocycles. The second kappa shape index (κ2) is 5.29. The molecule has 0 aliphatic carbocycles. The number of rotatable bonds is 5. The number of anilines is 1. The van der Waals surface area contributed by atoms with Gasteiger partial charge in [-0.1, -0.05) is 17.7 Å². The predicted octanol–water partition coefficient (Wildman–Crippen LogP) is 1.32. The third-order valence-corrected chi connectivity index (χ3v) is 3.02. The summed E-state index contributed by atoms with van der Waals surface area (Å²) < 4.78 is 0. The fourth-order valence-electron chi connectivity index (χ4n) is 2.10. The van der Waals surface area contributed by atoms with Gasteiger partial charge in [0.25, 0.3) is 0 Å². The summed E-state index contributed by atoms with van der Waals surface area (Å²) in [5, 5.41) is 6.17. The number of aryl methyl sites for hydroxylation is 1. The highest BCUT2D eigenvalue weighted by atomic mass is 16.2. The summed E-state index contributed by atoms with van der Waals surface area (Å²) in [4.78, 5) is 11.8. The van der Waals surface area contributed by atoms with Crippen molar-refractivity contribution in [3.8, 4) is 0 Å². The van der Waals surface area contributed by atoms with Gasteiger partial charge in [0, 0.05) is 11.3 Å². The molecule has 1 amide bonds. The standard InChI is InChI=1S/C13H19N3O/c1-9-4-5-11-10(8-9)12(13(17)16-11)15-7-3-2-6-14/h4-5,8,12,15H,2-3,6-7,14H2,1H3,(H,16,17). The molecule has 92 valence electrons. The highest BCUT2D eigenvalue weighted by Crippen LogP contribution is 2.31. The number of nitrogens with one attached hydrogen (secondary N) is 2. The molecule has 0 radical (unpaired) electrons. The first-order chi connectivity index (χ1) is 8.22. The Labute approximate surface area is 102 Å². The van der Waals surface area contributed by atoms with E-state index < -0.39 is 0 Å². The number of nitrogens with two attached hydrogens (primary N) is 1. The molecule has 2 rings (SSSR count). The van der Waals surface area contributed by atoms with Crippen molar-refractivity contribution in [2.75, 3.05) is 18.4 Å². The van der Waals surface area contributed by atoms with Crippen LogP contribution in [-0.4, -0.2) is 19.0 Å². The molecule has 1 atom stereocenters. The Morgan fingerprint density at radius 1 is 1.41 bits per heavy atom. The molecular formula is C13H19N3O. The summed E-state index contributed by atoms with van der Waals surface area (Å²) in [6.07, 6.45) is 1.99. The van der Waals surface area contributed by atoms with Crippen molar-refractivity contribution in [1.82, 2.24) is 5.32 Å². The van der Waals surface area contributed by atoms with E-state index in [1.54, 1.807) is 0 Å². The fourth-order valence-corrected chi connectivity index (χ4v) is 2.10. The quantitative estimate of drug-likeness (QED) is 0.672. The van der Waals surface area contributed by atoms with Gasteiger partial charge < -0.3 is 16.4 Å². The Hall–Kier alpha value is -1.39. The van der Waals surface area contributed by atoms with Crippen molar-refractivity contribution < 1.29 is 4.79 Å². The summed E-state index contributed by atoms with van der Waals surface area (Å²) >= 11 is 0. The third kappa shape index (κ3) is 2.65. The van der Waals surface area contributed by atoms with Gasteiger partial charge in [0.1, 0.15) is 6.04 Å². The summed E-state index contributed by atoms with van der Waals surface area (Å²) in [5.74, 6) is 0.0401. The fraction of sp³-hybridized carbons (Fsp3) is 0.462. The van der Waals surface area contributed by atoms with E-state index in [1.807, 2.05) is 19.1 Å². The molecule has 0 spiro atoms. The lowest BCUT2D eigenvalue weighted by Gasteiger charge is -2.11. The van der Waals surface area contributed by atoms with Crippen molar-refractivity contribution in [2.45, 2.75) is 25.8 Å². The molecule has 0 aromatic heterocycles. The Balaban J connectivity index is 2.03. The molecule has 4 N–H and O–H groups in total. The first-order valence-corrected chi connectivity index (χ1v) is 6.07. The molecule has 0 saturated carbocycles. The second-order valence-corrected chi connectivity index (χ2v) is 4.46. The molecule has 1 aliphatic rings. The van der Waals surface area contributed by atoms with Gasteiger partial charge in [0.05, 0.1) is 0 Å². The van der Waals surface area contributed by atoms with Crippen molar-refractivity contribution in [3.63, 3.8) is 0 Å². The first kappa shape index (κ1) is 12.1. The molecule has 1 heterocycles. The normalized spacial score (nSPS) is 18.0. The molecule has 1 aliphatic heterocycles. The molecule has 0 bridgehead atoms. The van der Waals surface area contributed by atoms with Crippen LogP contribution in [0.4, 0.5) is 5.69 Å². The predicted molar refractivity (Wildman–Crippen MR) is 68.8 cm³/mol. The van der Waals surface area contributed by atoms with Gasteiger partial charge in [0.2, 0.25) is 5.91 Å². The number of unbranched alkanes of at least 4 members (excludes halogenated alkanes) is 1. The molecule has 1 unspecified atom stereocenters. The highest BCUT2D eigenvalue weighted by molar-refractivity contribution is 6.02. The zero-order valence-electron chi connectivity index (χ0n) is 10.1. The van der Waals surface area contributed by atoms with Crippen LogP contribution in [0.25, 0.3) is 0 Å². The van der Waals surface area contributed by atoms with Crippen molar-refractivity contribution in [3.05, 3.63) is 29.3 Å². The van der Waals surface area contributed by atoms with Crippen LogP contribution in [0.3, 0.4) is 0 Å². The van der Waals surface area contributed by atoms with Crippen LogP contribution in [0.15, 0.2) is 18.2 Å². The van der Waals surface area contributed by atoms with E-state index in [-0.39, 0.29) is 11.9 Å². The van der Waals surface area contributed by atoms with Gasteiger partial charge >= 0.3 is 0 Å². The second-order valence-electron chi connectivity index (χ2n) is 4.46. The summed E-state index contributed by atoms with van der Waals surface area (Å²) in [6.45, 7) is 3.56. The lowest BCUT2D eigenvalue weighted by atomic mass is 10.1. The minimum absolute atomic E-state index is 0.0401. The lowest BCUT2D eigenvalue weighted by Crippen LogP contribution is -2.28. The van der Waals surface area contributed by atoms with Gasteiger partial charge in [0.15, 0.2) is 0 Å². The Kier molecular flexibility index (Phi) is 3.76. The van der Waals surface area contributed by atoms with Gasteiger partial charge in [-0.15, -0.1) is 0 Å². The minimum Gasteiger partial charge on any atom is -0.330 e. The van der Waals surface area contributed by atoms with E-state index in [1.165, 1.54) is 5.56 Å². The van der Waals surface area contributed by atoms with Crippen LogP contribution in [0.2, 0.25) is 0 Å². The van der Waals surface area contributed by atoms with Gasteiger partial charge in [-0.25, -0.2) is 0 Å². The van der Waals surface area contributed by atoms with Crippen LogP contribution < -0.4 is 16.4 Å². The smallest absolute Gasteiger partial charge is 0.246 e. The average Bonchev–Trinajstić information content (AvgIpc) is 2.61. The van der Waals surface area contributed by atoms with Crippen LogP contribution in [0, 0.1) is 6.92 Å². The maximum atomic E-state index is 11.8. The number of carbonyl (C=O) groups is 1. The molecule has 4 heteroatoms. The van der Waals surface area contributed by atoms with E-state index in [0.29, 0.717) is 6.54 Å². The van der Waals surface area contributed by atoms with Gasteiger partial charge in [-0.2, -0.15) is 0 Å². The summed E-state index contributed by atoms with van der Waals surface area (Å²) in [5.41, 5.74) is 8.60. The zero-order valence-corrected chi connectivity index (χ0v) is 10.1. The Bertz CT molecular complexity index is 417. The lowest BCUT2D eigenvalue weighted by molar-refractivity contribution is -0.117. The average molecular weight is 233 g/mol. The molecule has 4 nitrogen and oxygen atoms in total. The Morgan fingerprint density at radius 3 is 3.00 bits per heavy atom. The number of fused-ring (bicyclic) bond motifs is 1. The van der Waals surface area contributed by atoms with Crippen molar-refractivity contribution in [1.29, 1.82) is 0 Å². The van der Waals surface area contributed by atoms with E-state index in [9.17, 15) is 4.79 Å². The van der Waals surface area contributed by atoms with E-state index >= 15 is 0 Å². The summed E-state index contributed by atoms with van der Waals surface area (Å²) in [7, 11) is 0. The highest BCUT2D eigenvalue weighted by Gasteiger charge is 2.29. The largest absolute Gasteiger partial charge is 0.330 e. The molecule has 1 aromatic rings. The molecule has 0 fully saturated rings. The maximum Gasteiger partial charge on any atom is 0.246 e. The van der Waals surface area contributed by atoms with Crippen molar-refractivity contribution >= 4 is 11.6 Å². The van der Waals surface area contributed by atoms with E-state index in [2.05, 4.69) is 16.7 Å². The monoisotopic (exact) mass is 233 g/mol. The number of benzene rings is 1. The minimum atomic E-state index is -0.206. The van der Waals surface area contributed by atoms with E-state index in [0.717, 1.165) is 30.6 Å². The van der Waals surface area contributed by atoms with Gasteiger partial charge in [-0.05, 0) is 38.9 Å². The first-order valence-electron chi connectivity index (χ1n) is 6.07. The molecule has 17 heavy (non-hydrogen) atoms. The number of hydrogen-bond donors (Lipinski definition) is 3. The third-order valence-electron chi connectivity index (χ3n) is 3.02. The number of hydrogen-bond acceptors (Lipinski definition) is 3. The van der Waals surface area contributed by atoms with Crippen LogP contribution in [-0.2, 0) is 4.79 Å². The SMILES string of the molecule is Cc1ccc2c(c1)C(NCCCCN)C(=O)N2. The van der Waals surface area contributed by atoms with Gasteiger partial charge in [-0.3, -0.25) is 4.79 Å². The molecular weight excluding hydrogens is 214 g/mol. The number of carbonyl (C=O) groups excluding carboxylic acids is 1.